The van der Waals surface area contributed by atoms with Gasteiger partial charge in [0, 0.05) is 55.7 Å². The summed E-state index contributed by atoms with van der Waals surface area (Å²) in [5.74, 6) is 0.941. The van der Waals surface area contributed by atoms with Crippen LogP contribution >= 0.6 is 36.6 Å². The number of aromatic nitrogens is 3. The molecule has 9 heteroatoms. The molecule has 0 aliphatic carbocycles. The molecule has 1 fully saturated rings. The maximum Gasteiger partial charge on any atom is 0.254 e. The van der Waals surface area contributed by atoms with Gasteiger partial charge in [0.1, 0.15) is 16.9 Å². The van der Waals surface area contributed by atoms with Crippen LogP contribution in [0, 0.1) is 0 Å². The molecule has 0 saturated carbocycles. The Labute approximate surface area is 186 Å². The number of amides is 1. The second-order valence-electron chi connectivity index (χ2n) is 6.41. The zero-order chi connectivity index (χ0) is 18.6. The standard InChI is InChI=1S/C20H21N5OS.2ClH/c1-24-12-11-23-19(24)17-14-21-10-13-25(17)20(26)15-5-7-16(8-6-15)27-18-4-2-3-9-22-18;;/h2-9,11-12,17,21H,10,13-14H2,1H3;2*1H. The molecule has 0 bridgehead atoms. The van der Waals surface area contributed by atoms with Crippen LogP contribution in [0.2, 0.25) is 0 Å². The zero-order valence-corrected chi connectivity index (χ0v) is 18.3. The molecule has 29 heavy (non-hydrogen) atoms. The van der Waals surface area contributed by atoms with Crippen LogP contribution < -0.4 is 5.32 Å². The first kappa shape index (κ1) is 23.2. The van der Waals surface area contributed by atoms with E-state index in [4.69, 9.17) is 0 Å². The number of benzene rings is 1. The third-order valence-corrected chi connectivity index (χ3v) is 5.58. The van der Waals surface area contributed by atoms with Crippen molar-refractivity contribution in [2.75, 3.05) is 19.6 Å². The predicted octanol–water partition coefficient (Wildman–Crippen LogP) is 3.60. The Hall–Kier alpha value is -2.06. The van der Waals surface area contributed by atoms with Gasteiger partial charge in [-0.15, -0.1) is 24.8 Å². The summed E-state index contributed by atoms with van der Waals surface area (Å²) < 4.78 is 1.98. The minimum Gasteiger partial charge on any atom is -0.336 e. The molecule has 1 saturated heterocycles. The van der Waals surface area contributed by atoms with E-state index in [1.165, 1.54) is 0 Å². The maximum absolute atomic E-state index is 13.1. The first-order chi connectivity index (χ1) is 13.2. The van der Waals surface area contributed by atoms with Crippen molar-refractivity contribution in [3.05, 3.63) is 72.4 Å². The predicted molar refractivity (Wildman–Crippen MR) is 119 cm³/mol. The summed E-state index contributed by atoms with van der Waals surface area (Å²) >= 11 is 1.58. The van der Waals surface area contributed by atoms with Gasteiger partial charge in [-0.1, -0.05) is 17.8 Å². The number of piperazine rings is 1. The second-order valence-corrected chi connectivity index (χ2v) is 7.50. The third-order valence-electron chi connectivity index (χ3n) is 4.62. The highest BCUT2D eigenvalue weighted by Gasteiger charge is 2.30. The van der Waals surface area contributed by atoms with Crippen molar-refractivity contribution in [2.24, 2.45) is 7.05 Å². The summed E-state index contributed by atoms with van der Waals surface area (Å²) in [6, 6.07) is 13.5. The summed E-state index contributed by atoms with van der Waals surface area (Å²) in [6.07, 6.45) is 5.47. The highest BCUT2D eigenvalue weighted by molar-refractivity contribution is 7.99. The Balaban J connectivity index is 0.00000150. The smallest absolute Gasteiger partial charge is 0.254 e. The van der Waals surface area contributed by atoms with Crippen molar-refractivity contribution in [3.8, 4) is 0 Å². The Morgan fingerprint density at radius 3 is 2.55 bits per heavy atom. The fourth-order valence-corrected chi connectivity index (χ4v) is 4.01. The third kappa shape index (κ3) is 5.30. The van der Waals surface area contributed by atoms with Gasteiger partial charge in [-0.3, -0.25) is 4.79 Å². The van der Waals surface area contributed by atoms with Gasteiger partial charge in [0.15, 0.2) is 0 Å². The topological polar surface area (TPSA) is 63.1 Å². The molecule has 0 radical (unpaired) electrons. The van der Waals surface area contributed by atoms with Gasteiger partial charge in [0.25, 0.3) is 5.91 Å². The number of carbonyl (C=O) groups excluding carboxylic acids is 1. The lowest BCUT2D eigenvalue weighted by Gasteiger charge is -2.35. The van der Waals surface area contributed by atoms with E-state index in [-0.39, 0.29) is 36.8 Å². The minimum atomic E-state index is -0.0613. The molecule has 4 rings (SSSR count). The largest absolute Gasteiger partial charge is 0.336 e. The van der Waals surface area contributed by atoms with Crippen molar-refractivity contribution in [1.82, 2.24) is 24.8 Å². The van der Waals surface area contributed by atoms with Crippen molar-refractivity contribution in [3.63, 3.8) is 0 Å². The summed E-state index contributed by atoms with van der Waals surface area (Å²) in [6.45, 7) is 2.17. The van der Waals surface area contributed by atoms with E-state index in [1.54, 1.807) is 24.2 Å². The lowest BCUT2D eigenvalue weighted by molar-refractivity contribution is 0.0621. The van der Waals surface area contributed by atoms with Crippen LogP contribution in [0.25, 0.3) is 0 Å². The van der Waals surface area contributed by atoms with Crippen molar-refractivity contribution in [1.29, 1.82) is 0 Å². The maximum atomic E-state index is 13.1. The Bertz CT molecular complexity index is 920. The fraction of sp³-hybridized carbons (Fsp3) is 0.250. The van der Waals surface area contributed by atoms with Crippen molar-refractivity contribution >= 4 is 42.5 Å². The quantitative estimate of drug-likeness (QED) is 0.656. The number of rotatable bonds is 4. The number of carbonyl (C=O) groups is 1. The van der Waals surface area contributed by atoms with E-state index >= 15 is 0 Å². The second kappa shape index (κ2) is 10.6. The normalized spacial score (nSPS) is 15.9. The van der Waals surface area contributed by atoms with Crippen LogP contribution in [-0.4, -0.2) is 45.0 Å². The van der Waals surface area contributed by atoms with Gasteiger partial charge in [0.2, 0.25) is 0 Å². The lowest BCUT2D eigenvalue weighted by Crippen LogP contribution is -2.49. The molecule has 6 nitrogen and oxygen atoms in total. The molecule has 3 heterocycles. The summed E-state index contributed by atoms with van der Waals surface area (Å²) in [5, 5.41) is 4.30. The van der Waals surface area contributed by atoms with Gasteiger partial charge in [-0.25, -0.2) is 9.97 Å². The van der Waals surface area contributed by atoms with Gasteiger partial charge in [0.05, 0.1) is 0 Å². The molecule has 1 aliphatic rings. The number of imidazole rings is 1. The Kier molecular flexibility index (Phi) is 8.52. The molecule has 1 N–H and O–H groups in total. The summed E-state index contributed by atoms with van der Waals surface area (Å²) in [7, 11) is 1.96. The minimum absolute atomic E-state index is 0. The molecule has 2 aromatic heterocycles. The van der Waals surface area contributed by atoms with Crippen molar-refractivity contribution in [2.45, 2.75) is 16.0 Å². The molecule has 1 atom stereocenters. The molecule has 3 aromatic rings. The average Bonchev–Trinajstić information content (AvgIpc) is 3.14. The Morgan fingerprint density at radius 1 is 1.10 bits per heavy atom. The SMILES string of the molecule is Cl.Cl.Cn1ccnc1C1CNCCN1C(=O)c1ccc(Sc2ccccn2)cc1. The number of nitrogens with zero attached hydrogens (tertiary/aromatic N) is 4. The van der Waals surface area contributed by atoms with Gasteiger partial charge in [-0.05, 0) is 36.4 Å². The van der Waals surface area contributed by atoms with E-state index in [1.807, 2.05) is 65.2 Å². The molecule has 1 unspecified atom stereocenters. The van der Waals surface area contributed by atoms with Crippen molar-refractivity contribution < 1.29 is 4.79 Å². The summed E-state index contributed by atoms with van der Waals surface area (Å²) in [5.41, 5.74) is 0.696. The first-order valence-corrected chi connectivity index (χ1v) is 9.72. The van der Waals surface area contributed by atoms with Gasteiger partial charge < -0.3 is 14.8 Å². The zero-order valence-electron chi connectivity index (χ0n) is 15.9. The molecule has 1 aromatic carbocycles. The molecule has 0 spiro atoms. The number of nitrogens with one attached hydrogen (secondary N) is 1. The number of pyridine rings is 1. The van der Waals surface area contributed by atoms with E-state index in [0.717, 1.165) is 22.3 Å². The number of hydrogen-bond acceptors (Lipinski definition) is 5. The van der Waals surface area contributed by atoms with Crippen LogP contribution in [0.3, 0.4) is 0 Å². The van der Waals surface area contributed by atoms with Crippen LogP contribution in [0.5, 0.6) is 0 Å². The average molecular weight is 452 g/mol. The monoisotopic (exact) mass is 451 g/mol. The van der Waals surface area contributed by atoms with E-state index in [0.29, 0.717) is 18.7 Å². The highest BCUT2D eigenvalue weighted by atomic mass is 35.5. The molecule has 1 amide bonds. The van der Waals surface area contributed by atoms with E-state index in [9.17, 15) is 4.79 Å². The van der Waals surface area contributed by atoms with E-state index < -0.39 is 0 Å². The van der Waals surface area contributed by atoms with E-state index in [2.05, 4.69) is 15.3 Å². The summed E-state index contributed by atoms with van der Waals surface area (Å²) in [4.78, 5) is 24.9. The number of aryl methyl sites for hydroxylation is 1. The first-order valence-electron chi connectivity index (χ1n) is 8.90. The Morgan fingerprint density at radius 2 is 1.90 bits per heavy atom. The highest BCUT2D eigenvalue weighted by Crippen LogP contribution is 2.27. The molecule has 1 aliphatic heterocycles. The molecular weight excluding hydrogens is 429 g/mol. The van der Waals surface area contributed by atoms with Gasteiger partial charge in [-0.2, -0.15) is 0 Å². The number of hydrogen-bond donors (Lipinski definition) is 1. The number of halogens is 2. The fourth-order valence-electron chi connectivity index (χ4n) is 3.24. The van der Waals surface area contributed by atoms with Crippen LogP contribution in [-0.2, 0) is 7.05 Å². The van der Waals surface area contributed by atoms with Gasteiger partial charge >= 0.3 is 0 Å². The molecule has 154 valence electrons. The van der Waals surface area contributed by atoms with Crippen LogP contribution in [0.4, 0.5) is 0 Å². The molecular formula is C20H23Cl2N5OS. The lowest BCUT2D eigenvalue weighted by atomic mass is 10.1. The van der Waals surface area contributed by atoms with Crippen LogP contribution in [0.15, 0.2) is 71.0 Å². The van der Waals surface area contributed by atoms with Crippen LogP contribution in [0.1, 0.15) is 22.2 Å².